The Kier molecular flexibility index (Phi) is 3.76. The molecule has 0 aliphatic carbocycles. The van der Waals surface area contributed by atoms with Gasteiger partial charge >= 0.3 is 0 Å². The van der Waals surface area contributed by atoms with Crippen molar-refractivity contribution in [2.24, 2.45) is 5.73 Å². The molecule has 0 spiro atoms. The van der Waals surface area contributed by atoms with Crippen LogP contribution in [0.25, 0.3) is 0 Å². The van der Waals surface area contributed by atoms with Crippen molar-refractivity contribution in [2.75, 3.05) is 11.9 Å². The topological polar surface area (TPSA) is 50.9 Å². The summed E-state index contributed by atoms with van der Waals surface area (Å²) in [5, 5.41) is 4.24. The number of nitrogens with one attached hydrogen (secondary N) is 1. The number of nitrogens with two attached hydrogens (primary N) is 1. The number of benzene rings is 1. The lowest BCUT2D eigenvalue weighted by molar-refractivity contribution is 0.763. The van der Waals surface area contributed by atoms with Crippen LogP contribution in [-0.4, -0.2) is 11.5 Å². The average Bonchev–Trinajstić information content (AvgIpc) is 2.67. The van der Waals surface area contributed by atoms with Gasteiger partial charge in [0.15, 0.2) is 5.13 Å². The summed E-state index contributed by atoms with van der Waals surface area (Å²) in [5.74, 6) is 0. The van der Waals surface area contributed by atoms with E-state index in [1.165, 1.54) is 4.88 Å². The second kappa shape index (κ2) is 5.29. The van der Waals surface area contributed by atoms with Gasteiger partial charge in [0.05, 0.1) is 5.69 Å². The number of hydrogen-bond acceptors (Lipinski definition) is 4. The fourth-order valence-corrected chi connectivity index (χ4v) is 2.39. The van der Waals surface area contributed by atoms with Gasteiger partial charge in [-0.3, -0.25) is 0 Å². The first kappa shape index (κ1) is 12.1. The van der Waals surface area contributed by atoms with Crippen molar-refractivity contribution in [3.8, 4) is 0 Å². The predicted molar refractivity (Wildman–Crippen MR) is 73.4 cm³/mol. The van der Waals surface area contributed by atoms with Crippen LogP contribution in [0.1, 0.15) is 22.2 Å². The maximum Gasteiger partial charge on any atom is 0.183 e. The number of anilines is 1. The second-order valence-corrected chi connectivity index (χ2v) is 5.26. The molecule has 1 atom stereocenters. The molecule has 0 aliphatic heterocycles. The van der Waals surface area contributed by atoms with Crippen LogP contribution >= 0.6 is 11.3 Å². The molecule has 3 nitrogen and oxygen atoms in total. The van der Waals surface area contributed by atoms with Crippen LogP contribution in [0.3, 0.4) is 0 Å². The predicted octanol–water partition coefficient (Wildman–Crippen LogP) is 2.87. The van der Waals surface area contributed by atoms with E-state index in [0.717, 1.165) is 16.4 Å². The highest BCUT2D eigenvalue weighted by atomic mass is 32.1. The molecule has 3 N–H and O–H groups in total. The van der Waals surface area contributed by atoms with E-state index in [1.807, 2.05) is 37.3 Å². The van der Waals surface area contributed by atoms with E-state index in [-0.39, 0.29) is 6.04 Å². The normalized spacial score (nSPS) is 12.4. The third-order valence-electron chi connectivity index (χ3n) is 2.73. The lowest BCUT2D eigenvalue weighted by atomic mass is 10.1. The van der Waals surface area contributed by atoms with Gasteiger partial charge in [0, 0.05) is 17.5 Å². The smallest absolute Gasteiger partial charge is 0.183 e. The molecule has 1 unspecified atom stereocenters. The zero-order chi connectivity index (χ0) is 12.3. The molecule has 1 aromatic heterocycles. The number of aryl methyl sites for hydroxylation is 2. The van der Waals surface area contributed by atoms with Crippen LogP contribution in [-0.2, 0) is 0 Å². The van der Waals surface area contributed by atoms with E-state index in [2.05, 4.69) is 17.2 Å². The standard InChI is InChI=1S/C13H17N3S/c1-9-10(2)17-13(16-9)15-8-12(14)11-6-4-3-5-7-11/h3-7,12H,8,14H2,1-2H3,(H,15,16). The molecule has 17 heavy (non-hydrogen) atoms. The first-order valence-corrected chi connectivity index (χ1v) is 6.47. The molecule has 2 rings (SSSR count). The Morgan fingerprint density at radius 2 is 2.00 bits per heavy atom. The highest BCUT2D eigenvalue weighted by molar-refractivity contribution is 7.15. The molecule has 0 bridgehead atoms. The first-order chi connectivity index (χ1) is 8.16. The highest BCUT2D eigenvalue weighted by Crippen LogP contribution is 2.21. The SMILES string of the molecule is Cc1nc(NCC(N)c2ccccc2)sc1C. The minimum Gasteiger partial charge on any atom is -0.360 e. The Labute approximate surface area is 106 Å². The molecular formula is C13H17N3S. The van der Waals surface area contributed by atoms with Crippen molar-refractivity contribution in [1.82, 2.24) is 4.98 Å². The molecule has 0 radical (unpaired) electrons. The molecule has 0 fully saturated rings. The van der Waals surface area contributed by atoms with Crippen molar-refractivity contribution in [3.63, 3.8) is 0 Å². The summed E-state index contributed by atoms with van der Waals surface area (Å²) >= 11 is 1.67. The molecule has 1 aromatic carbocycles. The summed E-state index contributed by atoms with van der Waals surface area (Å²) in [4.78, 5) is 5.68. The van der Waals surface area contributed by atoms with E-state index in [4.69, 9.17) is 5.73 Å². The van der Waals surface area contributed by atoms with Crippen LogP contribution in [0.2, 0.25) is 0 Å². The number of nitrogens with zero attached hydrogens (tertiary/aromatic N) is 1. The molecular weight excluding hydrogens is 230 g/mol. The van der Waals surface area contributed by atoms with Gasteiger partial charge in [-0.25, -0.2) is 4.98 Å². The lowest BCUT2D eigenvalue weighted by Gasteiger charge is -2.12. The maximum absolute atomic E-state index is 6.10. The number of rotatable bonds is 4. The molecule has 4 heteroatoms. The van der Waals surface area contributed by atoms with Gasteiger partial charge in [0.2, 0.25) is 0 Å². The van der Waals surface area contributed by atoms with E-state index >= 15 is 0 Å². The Morgan fingerprint density at radius 1 is 1.29 bits per heavy atom. The Balaban J connectivity index is 1.94. The summed E-state index contributed by atoms with van der Waals surface area (Å²) in [6.45, 7) is 4.81. The van der Waals surface area contributed by atoms with Crippen LogP contribution < -0.4 is 11.1 Å². The summed E-state index contributed by atoms with van der Waals surface area (Å²) in [6.07, 6.45) is 0. The molecule has 90 valence electrons. The minimum absolute atomic E-state index is 0.000659. The third kappa shape index (κ3) is 3.05. The van der Waals surface area contributed by atoms with Gasteiger partial charge in [0.25, 0.3) is 0 Å². The number of aromatic nitrogens is 1. The van der Waals surface area contributed by atoms with E-state index in [1.54, 1.807) is 11.3 Å². The van der Waals surface area contributed by atoms with Gasteiger partial charge in [0.1, 0.15) is 0 Å². The molecule has 0 amide bonds. The quantitative estimate of drug-likeness (QED) is 0.873. The molecule has 0 saturated carbocycles. The van der Waals surface area contributed by atoms with Crippen LogP contribution in [0.15, 0.2) is 30.3 Å². The van der Waals surface area contributed by atoms with Gasteiger partial charge in [-0.1, -0.05) is 30.3 Å². The van der Waals surface area contributed by atoms with Crippen molar-refractivity contribution in [3.05, 3.63) is 46.5 Å². The zero-order valence-electron chi connectivity index (χ0n) is 10.1. The monoisotopic (exact) mass is 247 g/mol. The zero-order valence-corrected chi connectivity index (χ0v) is 10.9. The summed E-state index contributed by atoms with van der Waals surface area (Å²) < 4.78 is 0. The average molecular weight is 247 g/mol. The van der Waals surface area contributed by atoms with E-state index < -0.39 is 0 Å². The second-order valence-electron chi connectivity index (χ2n) is 4.06. The van der Waals surface area contributed by atoms with Gasteiger partial charge in [-0.15, -0.1) is 11.3 Å². The van der Waals surface area contributed by atoms with E-state index in [9.17, 15) is 0 Å². The van der Waals surface area contributed by atoms with Gasteiger partial charge in [-0.2, -0.15) is 0 Å². The highest BCUT2D eigenvalue weighted by Gasteiger charge is 2.07. The summed E-state index contributed by atoms with van der Waals surface area (Å²) in [7, 11) is 0. The van der Waals surface area contributed by atoms with E-state index in [0.29, 0.717) is 6.54 Å². The van der Waals surface area contributed by atoms with Crippen LogP contribution in [0, 0.1) is 13.8 Å². The summed E-state index contributed by atoms with van der Waals surface area (Å²) in [5.41, 5.74) is 8.33. The Morgan fingerprint density at radius 3 is 2.59 bits per heavy atom. The van der Waals surface area contributed by atoms with Crippen LogP contribution in [0.4, 0.5) is 5.13 Å². The Bertz CT molecular complexity index is 459. The van der Waals surface area contributed by atoms with Crippen molar-refractivity contribution in [1.29, 1.82) is 0 Å². The number of hydrogen-bond donors (Lipinski definition) is 2. The summed E-state index contributed by atoms with van der Waals surface area (Å²) in [6, 6.07) is 10.1. The third-order valence-corrected chi connectivity index (χ3v) is 3.76. The van der Waals surface area contributed by atoms with Gasteiger partial charge in [-0.05, 0) is 19.4 Å². The first-order valence-electron chi connectivity index (χ1n) is 5.65. The fraction of sp³-hybridized carbons (Fsp3) is 0.308. The lowest BCUT2D eigenvalue weighted by Crippen LogP contribution is -2.20. The molecule has 0 aliphatic rings. The van der Waals surface area contributed by atoms with Crippen molar-refractivity contribution < 1.29 is 0 Å². The molecule has 1 heterocycles. The molecule has 2 aromatic rings. The number of thiazole rings is 1. The van der Waals surface area contributed by atoms with Crippen molar-refractivity contribution in [2.45, 2.75) is 19.9 Å². The van der Waals surface area contributed by atoms with Crippen LogP contribution in [0.5, 0.6) is 0 Å². The fourth-order valence-electron chi connectivity index (χ4n) is 1.56. The minimum atomic E-state index is 0.000659. The van der Waals surface area contributed by atoms with Crippen molar-refractivity contribution >= 4 is 16.5 Å². The largest absolute Gasteiger partial charge is 0.360 e. The Hall–Kier alpha value is -1.39. The molecule has 0 saturated heterocycles. The van der Waals surface area contributed by atoms with Gasteiger partial charge < -0.3 is 11.1 Å². The maximum atomic E-state index is 6.10.